The Morgan fingerprint density at radius 2 is 1.68 bits per heavy atom. The Kier molecular flexibility index (Phi) is 14.2. The van der Waals surface area contributed by atoms with Crippen LogP contribution in [0.15, 0.2) is 0 Å². The van der Waals surface area contributed by atoms with E-state index >= 15 is 0 Å². The van der Waals surface area contributed by atoms with Gasteiger partial charge >= 0.3 is 5.97 Å². The molecule has 0 saturated carbocycles. The first-order chi connectivity index (χ1) is 13.0. The summed E-state index contributed by atoms with van der Waals surface area (Å²) in [4.78, 5) is 23.8. The summed E-state index contributed by atoms with van der Waals surface area (Å²) < 4.78 is 9.81. The molecular formula is C18H37N3O5S2. The average Bonchev–Trinajstić information content (AvgIpc) is 2.57. The summed E-state index contributed by atoms with van der Waals surface area (Å²) in [5.74, 6) is -0.551. The number of nitrogens with two attached hydrogens (primary N) is 1. The summed E-state index contributed by atoms with van der Waals surface area (Å²) >= 11 is 0. The van der Waals surface area contributed by atoms with E-state index in [-0.39, 0.29) is 24.5 Å². The SMILES string of the molecule is CC(C)(C)NCCSSC(C)(C)[C@H](NC(=O)CCOCCOCCN)C(=O)O. The van der Waals surface area contributed by atoms with E-state index in [9.17, 15) is 14.7 Å². The predicted octanol–water partition coefficient (Wildman–Crippen LogP) is 1.49. The molecule has 0 spiro atoms. The van der Waals surface area contributed by atoms with E-state index in [2.05, 4.69) is 31.4 Å². The fourth-order valence-electron chi connectivity index (χ4n) is 2.05. The monoisotopic (exact) mass is 439 g/mol. The Morgan fingerprint density at radius 3 is 2.21 bits per heavy atom. The van der Waals surface area contributed by atoms with Crippen molar-refractivity contribution < 1.29 is 24.2 Å². The van der Waals surface area contributed by atoms with E-state index in [1.807, 2.05) is 13.8 Å². The number of carbonyl (C=O) groups is 2. The van der Waals surface area contributed by atoms with E-state index in [1.165, 1.54) is 10.8 Å². The van der Waals surface area contributed by atoms with Crippen LogP contribution in [0.4, 0.5) is 0 Å². The molecule has 28 heavy (non-hydrogen) atoms. The van der Waals surface area contributed by atoms with E-state index < -0.39 is 16.8 Å². The van der Waals surface area contributed by atoms with Gasteiger partial charge in [0.25, 0.3) is 0 Å². The molecule has 8 nitrogen and oxygen atoms in total. The van der Waals surface area contributed by atoms with Crippen LogP contribution < -0.4 is 16.4 Å². The number of carbonyl (C=O) groups excluding carboxylic acids is 1. The minimum Gasteiger partial charge on any atom is -0.480 e. The highest BCUT2D eigenvalue weighted by Gasteiger charge is 2.37. The zero-order valence-electron chi connectivity index (χ0n) is 17.7. The highest BCUT2D eigenvalue weighted by atomic mass is 33.1. The van der Waals surface area contributed by atoms with Crippen molar-refractivity contribution in [2.75, 3.05) is 45.3 Å². The van der Waals surface area contributed by atoms with E-state index in [0.717, 1.165) is 12.3 Å². The number of ether oxygens (including phenoxy) is 2. The lowest BCUT2D eigenvalue weighted by atomic mass is 10.0. The molecule has 0 fully saturated rings. The maximum Gasteiger partial charge on any atom is 0.327 e. The number of amides is 1. The maximum atomic E-state index is 12.1. The van der Waals surface area contributed by atoms with Crippen molar-refractivity contribution in [2.24, 2.45) is 5.73 Å². The molecule has 0 aliphatic heterocycles. The van der Waals surface area contributed by atoms with Gasteiger partial charge in [-0.15, -0.1) is 0 Å². The molecule has 0 aromatic heterocycles. The van der Waals surface area contributed by atoms with Crippen molar-refractivity contribution in [1.29, 1.82) is 0 Å². The third-order valence-electron chi connectivity index (χ3n) is 3.47. The highest BCUT2D eigenvalue weighted by molar-refractivity contribution is 8.77. The van der Waals surface area contributed by atoms with Crippen LogP contribution in [0.2, 0.25) is 0 Å². The van der Waals surface area contributed by atoms with Gasteiger partial charge in [-0.05, 0) is 34.6 Å². The smallest absolute Gasteiger partial charge is 0.327 e. The summed E-state index contributed by atoms with van der Waals surface area (Å²) in [6.45, 7) is 12.7. The normalized spacial score (nSPS) is 13.4. The summed E-state index contributed by atoms with van der Waals surface area (Å²) in [5, 5.41) is 15.6. The minimum atomic E-state index is -1.05. The first-order valence-electron chi connectivity index (χ1n) is 9.43. The topological polar surface area (TPSA) is 123 Å². The third kappa shape index (κ3) is 14.5. The summed E-state index contributed by atoms with van der Waals surface area (Å²) in [6.07, 6.45) is 0.101. The number of hydrogen-bond acceptors (Lipinski definition) is 8. The first-order valence-corrected chi connectivity index (χ1v) is 11.7. The van der Waals surface area contributed by atoms with Crippen LogP contribution in [-0.2, 0) is 19.1 Å². The second-order valence-electron chi connectivity index (χ2n) is 7.79. The van der Waals surface area contributed by atoms with Gasteiger partial charge in [0.05, 0.1) is 31.2 Å². The van der Waals surface area contributed by atoms with Gasteiger partial charge in [-0.2, -0.15) is 0 Å². The number of aliphatic carboxylic acids is 1. The molecule has 5 N–H and O–H groups in total. The molecule has 0 rings (SSSR count). The van der Waals surface area contributed by atoms with Crippen molar-refractivity contribution in [2.45, 2.75) is 57.4 Å². The summed E-state index contributed by atoms with van der Waals surface area (Å²) in [5.41, 5.74) is 5.36. The van der Waals surface area contributed by atoms with E-state index in [1.54, 1.807) is 10.8 Å². The second kappa shape index (κ2) is 14.5. The Balaban J connectivity index is 4.24. The molecule has 0 radical (unpaired) electrons. The van der Waals surface area contributed by atoms with Crippen LogP contribution in [0.25, 0.3) is 0 Å². The highest BCUT2D eigenvalue weighted by Crippen LogP contribution is 2.38. The van der Waals surface area contributed by atoms with Crippen molar-refractivity contribution in [3.63, 3.8) is 0 Å². The lowest BCUT2D eigenvalue weighted by Gasteiger charge is -2.31. The third-order valence-corrected chi connectivity index (χ3v) is 6.77. The molecule has 166 valence electrons. The van der Waals surface area contributed by atoms with Gasteiger partial charge in [-0.25, -0.2) is 4.79 Å². The molecule has 10 heteroatoms. The molecule has 0 aromatic carbocycles. The van der Waals surface area contributed by atoms with E-state index in [4.69, 9.17) is 15.2 Å². The fourth-order valence-corrected chi connectivity index (χ4v) is 4.57. The molecule has 0 heterocycles. The first kappa shape index (κ1) is 27.5. The van der Waals surface area contributed by atoms with Crippen LogP contribution in [0.3, 0.4) is 0 Å². The summed E-state index contributed by atoms with van der Waals surface area (Å²) in [6, 6.07) is -0.985. The minimum absolute atomic E-state index is 0.0525. The maximum absolute atomic E-state index is 12.1. The van der Waals surface area contributed by atoms with Crippen LogP contribution in [0, 0.1) is 0 Å². The average molecular weight is 440 g/mol. The number of rotatable bonds is 16. The van der Waals surface area contributed by atoms with Crippen molar-refractivity contribution >= 4 is 33.5 Å². The predicted molar refractivity (Wildman–Crippen MR) is 117 cm³/mol. The fraction of sp³-hybridized carbons (Fsp3) is 0.889. The van der Waals surface area contributed by atoms with Crippen LogP contribution in [0.1, 0.15) is 41.0 Å². The van der Waals surface area contributed by atoms with Crippen LogP contribution in [0.5, 0.6) is 0 Å². The zero-order valence-corrected chi connectivity index (χ0v) is 19.3. The standard InChI is InChI=1S/C18H37N3O5S2/c1-17(2,3)20-8-13-27-28-18(4,5)15(16(23)24)21-14(22)6-9-25-11-12-26-10-7-19/h15,20H,6-13,19H2,1-5H3,(H,21,22)(H,23,24)/t15-/m1/s1. The molecule has 0 aromatic rings. The molecule has 0 bridgehead atoms. The lowest BCUT2D eigenvalue weighted by Crippen LogP contribution is -2.52. The summed E-state index contributed by atoms with van der Waals surface area (Å²) in [7, 11) is 3.07. The number of carboxylic acid groups (broad SMARTS) is 1. The Labute approximate surface area is 176 Å². The number of carboxylic acids is 1. The van der Waals surface area contributed by atoms with Gasteiger partial charge in [-0.3, -0.25) is 4.79 Å². The second-order valence-corrected chi connectivity index (χ2v) is 10.9. The van der Waals surface area contributed by atoms with Crippen molar-refractivity contribution in [3.8, 4) is 0 Å². The van der Waals surface area contributed by atoms with Gasteiger partial charge in [0, 0.05) is 30.8 Å². The van der Waals surface area contributed by atoms with Crippen molar-refractivity contribution in [1.82, 2.24) is 10.6 Å². The quantitative estimate of drug-likeness (QED) is 0.209. The molecule has 0 unspecified atom stereocenters. The van der Waals surface area contributed by atoms with Gasteiger partial charge in [0.1, 0.15) is 6.04 Å². The lowest BCUT2D eigenvalue weighted by molar-refractivity contribution is -0.142. The van der Waals surface area contributed by atoms with E-state index in [0.29, 0.717) is 26.4 Å². The molecular weight excluding hydrogens is 402 g/mol. The van der Waals surface area contributed by atoms with Crippen molar-refractivity contribution in [3.05, 3.63) is 0 Å². The Morgan fingerprint density at radius 1 is 1.07 bits per heavy atom. The molecule has 0 saturated heterocycles. The molecule has 1 atom stereocenters. The largest absolute Gasteiger partial charge is 0.480 e. The van der Waals surface area contributed by atoms with Gasteiger partial charge in [0.2, 0.25) is 5.91 Å². The molecule has 0 aliphatic rings. The Bertz CT molecular complexity index is 459. The molecule has 0 aliphatic carbocycles. The van der Waals surface area contributed by atoms with Crippen LogP contribution >= 0.6 is 21.6 Å². The van der Waals surface area contributed by atoms with Crippen LogP contribution in [-0.4, -0.2) is 78.6 Å². The van der Waals surface area contributed by atoms with Gasteiger partial charge < -0.3 is 30.9 Å². The Hall–Kier alpha value is -0.520. The zero-order chi connectivity index (χ0) is 21.6. The number of nitrogens with one attached hydrogen (secondary N) is 2. The van der Waals surface area contributed by atoms with Gasteiger partial charge in [-0.1, -0.05) is 21.6 Å². The van der Waals surface area contributed by atoms with Gasteiger partial charge in [0.15, 0.2) is 0 Å². The molecule has 1 amide bonds. The number of hydrogen-bond donors (Lipinski definition) is 4.